The summed E-state index contributed by atoms with van der Waals surface area (Å²) in [4.78, 5) is 4.11. The number of halogens is 2. The van der Waals surface area contributed by atoms with E-state index in [4.69, 9.17) is 23.2 Å². The van der Waals surface area contributed by atoms with Gasteiger partial charge < -0.3 is 10.4 Å². The van der Waals surface area contributed by atoms with Crippen LogP contribution in [-0.2, 0) is 0 Å². The van der Waals surface area contributed by atoms with Crippen molar-refractivity contribution in [1.82, 2.24) is 5.32 Å². The minimum atomic E-state index is 0.00859. The molecule has 0 atom stereocenters. The van der Waals surface area contributed by atoms with Crippen LogP contribution in [0.1, 0.15) is 5.56 Å². The number of rotatable bonds is 4. The van der Waals surface area contributed by atoms with Gasteiger partial charge in [0.15, 0.2) is 0 Å². The van der Waals surface area contributed by atoms with Gasteiger partial charge in [0.1, 0.15) is 5.75 Å². The van der Waals surface area contributed by atoms with Crippen molar-refractivity contribution in [2.24, 2.45) is 4.99 Å². The number of benzene rings is 1. The molecule has 0 saturated heterocycles. The molecule has 0 unspecified atom stereocenters. The molecule has 0 fully saturated rings. The van der Waals surface area contributed by atoms with E-state index in [1.807, 2.05) is 7.05 Å². The van der Waals surface area contributed by atoms with Crippen molar-refractivity contribution in [1.29, 1.82) is 0 Å². The van der Waals surface area contributed by atoms with E-state index in [1.54, 1.807) is 12.3 Å². The zero-order valence-electron chi connectivity index (χ0n) is 8.30. The lowest BCUT2D eigenvalue weighted by molar-refractivity contribution is 0.474. The van der Waals surface area contributed by atoms with Crippen LogP contribution in [0, 0.1) is 0 Å². The van der Waals surface area contributed by atoms with Crippen molar-refractivity contribution in [3.63, 3.8) is 0 Å². The fraction of sp³-hybridized carbons (Fsp3) is 0.300. The summed E-state index contributed by atoms with van der Waals surface area (Å²) in [6, 6.07) is 3.11. The van der Waals surface area contributed by atoms with Crippen LogP contribution >= 0.6 is 23.2 Å². The summed E-state index contributed by atoms with van der Waals surface area (Å²) in [5, 5.41) is 13.3. The predicted molar refractivity (Wildman–Crippen MR) is 64.5 cm³/mol. The molecule has 0 amide bonds. The summed E-state index contributed by atoms with van der Waals surface area (Å²) < 4.78 is 0. The van der Waals surface area contributed by atoms with E-state index in [1.165, 1.54) is 6.07 Å². The van der Waals surface area contributed by atoms with E-state index >= 15 is 0 Å². The third-order valence-corrected chi connectivity index (χ3v) is 2.29. The Morgan fingerprint density at radius 1 is 1.47 bits per heavy atom. The average Bonchev–Trinajstić information content (AvgIpc) is 2.19. The van der Waals surface area contributed by atoms with E-state index in [2.05, 4.69) is 10.3 Å². The Balaban J connectivity index is 2.80. The third kappa shape index (κ3) is 3.70. The van der Waals surface area contributed by atoms with Gasteiger partial charge in [-0.05, 0) is 19.2 Å². The molecular weight excluding hydrogens is 235 g/mol. The van der Waals surface area contributed by atoms with Crippen LogP contribution in [0.5, 0.6) is 5.75 Å². The maximum Gasteiger partial charge on any atom is 0.143 e. The zero-order valence-corrected chi connectivity index (χ0v) is 9.81. The minimum absolute atomic E-state index is 0.00859. The van der Waals surface area contributed by atoms with Crippen molar-refractivity contribution in [2.45, 2.75) is 0 Å². The topological polar surface area (TPSA) is 44.6 Å². The normalized spacial score (nSPS) is 11.1. The van der Waals surface area contributed by atoms with Crippen molar-refractivity contribution in [2.75, 3.05) is 20.1 Å². The molecule has 15 heavy (non-hydrogen) atoms. The highest BCUT2D eigenvalue weighted by Gasteiger charge is 2.05. The molecule has 0 bridgehead atoms. The molecule has 1 aromatic carbocycles. The number of phenols is 1. The Morgan fingerprint density at radius 3 is 2.87 bits per heavy atom. The number of hydrogen-bond acceptors (Lipinski definition) is 3. The van der Waals surface area contributed by atoms with Gasteiger partial charge in [0.05, 0.1) is 11.6 Å². The Morgan fingerprint density at radius 2 is 2.20 bits per heavy atom. The van der Waals surface area contributed by atoms with Gasteiger partial charge >= 0.3 is 0 Å². The third-order valence-electron chi connectivity index (χ3n) is 1.78. The van der Waals surface area contributed by atoms with Gasteiger partial charge in [-0.1, -0.05) is 23.2 Å². The van der Waals surface area contributed by atoms with Crippen LogP contribution in [0.3, 0.4) is 0 Å². The number of aromatic hydroxyl groups is 1. The molecule has 0 aromatic heterocycles. The van der Waals surface area contributed by atoms with Crippen molar-refractivity contribution in [3.8, 4) is 5.75 Å². The van der Waals surface area contributed by atoms with Gasteiger partial charge in [0, 0.05) is 23.3 Å². The summed E-state index contributed by atoms with van der Waals surface area (Å²) in [6.07, 6.45) is 1.56. The van der Waals surface area contributed by atoms with Gasteiger partial charge in [-0.25, -0.2) is 0 Å². The molecule has 1 aromatic rings. The SMILES string of the molecule is CNCCN=Cc1cc(Cl)cc(Cl)c1O. The average molecular weight is 247 g/mol. The van der Waals surface area contributed by atoms with Crippen LogP contribution in [0.15, 0.2) is 17.1 Å². The first-order chi connectivity index (χ1) is 7.15. The predicted octanol–water partition coefficient (Wildman–Crippen LogP) is 2.34. The maximum absolute atomic E-state index is 9.58. The molecule has 2 N–H and O–H groups in total. The van der Waals surface area contributed by atoms with Gasteiger partial charge in [0.25, 0.3) is 0 Å². The molecule has 0 aliphatic heterocycles. The smallest absolute Gasteiger partial charge is 0.143 e. The van der Waals surface area contributed by atoms with E-state index in [0.29, 0.717) is 17.1 Å². The molecule has 82 valence electrons. The van der Waals surface area contributed by atoms with Crippen LogP contribution in [0.2, 0.25) is 10.0 Å². The minimum Gasteiger partial charge on any atom is -0.506 e. The zero-order chi connectivity index (χ0) is 11.3. The number of aliphatic imine (C=N–C) groups is 1. The number of phenolic OH excluding ortho intramolecular Hbond substituents is 1. The second-order valence-electron chi connectivity index (χ2n) is 2.96. The van der Waals surface area contributed by atoms with E-state index < -0.39 is 0 Å². The molecule has 0 aliphatic carbocycles. The van der Waals surface area contributed by atoms with Gasteiger partial charge in [-0.2, -0.15) is 0 Å². The molecule has 3 nitrogen and oxygen atoms in total. The van der Waals surface area contributed by atoms with Gasteiger partial charge in [0.2, 0.25) is 0 Å². The maximum atomic E-state index is 9.58. The summed E-state index contributed by atoms with van der Waals surface area (Å²) in [6.45, 7) is 1.42. The lowest BCUT2D eigenvalue weighted by atomic mass is 10.2. The Kier molecular flexibility index (Phi) is 4.88. The number of likely N-dealkylation sites (N-methyl/N-ethyl adjacent to an activating group) is 1. The Hall–Kier alpha value is -0.770. The van der Waals surface area contributed by atoms with Gasteiger partial charge in [-0.3, -0.25) is 4.99 Å². The molecule has 0 saturated carbocycles. The number of nitrogens with zero attached hydrogens (tertiary/aromatic N) is 1. The van der Waals surface area contributed by atoms with E-state index in [0.717, 1.165) is 6.54 Å². The second kappa shape index (κ2) is 5.95. The van der Waals surface area contributed by atoms with Crippen LogP contribution in [0.25, 0.3) is 0 Å². The highest BCUT2D eigenvalue weighted by Crippen LogP contribution is 2.29. The molecule has 1 rings (SSSR count). The van der Waals surface area contributed by atoms with Crippen molar-refractivity contribution >= 4 is 29.4 Å². The number of nitrogens with one attached hydrogen (secondary N) is 1. The molecule has 0 aliphatic rings. The molecule has 0 heterocycles. The summed E-state index contributed by atoms with van der Waals surface area (Å²) in [5.41, 5.74) is 0.531. The molecule has 0 spiro atoms. The van der Waals surface area contributed by atoms with Crippen LogP contribution in [-0.4, -0.2) is 31.5 Å². The van der Waals surface area contributed by atoms with Crippen molar-refractivity contribution in [3.05, 3.63) is 27.7 Å². The van der Waals surface area contributed by atoms with Crippen LogP contribution < -0.4 is 5.32 Å². The lowest BCUT2D eigenvalue weighted by Gasteiger charge is -2.02. The van der Waals surface area contributed by atoms with Crippen LogP contribution in [0.4, 0.5) is 0 Å². The highest BCUT2D eigenvalue weighted by atomic mass is 35.5. The van der Waals surface area contributed by atoms with E-state index in [-0.39, 0.29) is 10.8 Å². The van der Waals surface area contributed by atoms with Crippen molar-refractivity contribution < 1.29 is 5.11 Å². The fourth-order valence-corrected chi connectivity index (χ4v) is 1.53. The molecule has 5 heteroatoms. The fourth-order valence-electron chi connectivity index (χ4n) is 1.02. The van der Waals surface area contributed by atoms with E-state index in [9.17, 15) is 5.11 Å². The highest BCUT2D eigenvalue weighted by molar-refractivity contribution is 6.36. The second-order valence-corrected chi connectivity index (χ2v) is 3.81. The number of hydrogen-bond donors (Lipinski definition) is 2. The monoisotopic (exact) mass is 246 g/mol. The molecule has 0 radical (unpaired) electrons. The summed E-state index contributed by atoms with van der Waals surface area (Å²) in [5.74, 6) is 0.00859. The Labute approximate surface area is 98.7 Å². The first-order valence-corrected chi connectivity index (χ1v) is 5.23. The lowest BCUT2D eigenvalue weighted by Crippen LogP contribution is -2.10. The summed E-state index contributed by atoms with van der Waals surface area (Å²) >= 11 is 11.5. The first-order valence-electron chi connectivity index (χ1n) is 4.47. The molecular formula is C10H12Cl2N2O. The quantitative estimate of drug-likeness (QED) is 0.633. The van der Waals surface area contributed by atoms with Gasteiger partial charge in [-0.15, -0.1) is 0 Å². The summed E-state index contributed by atoms with van der Waals surface area (Å²) in [7, 11) is 1.85. The largest absolute Gasteiger partial charge is 0.506 e. The Bertz CT molecular complexity index is 367. The standard InChI is InChI=1S/C10H12Cl2N2O/c1-13-2-3-14-6-7-4-8(11)5-9(12)10(7)15/h4-6,13,15H,2-3H2,1H3. The first kappa shape index (κ1) is 12.3.